The zero-order chi connectivity index (χ0) is 13.9. The third-order valence-corrected chi connectivity index (χ3v) is 3.41. The normalized spacial score (nSPS) is 10.7. The predicted molar refractivity (Wildman–Crippen MR) is 75.5 cm³/mol. The first kappa shape index (κ1) is 12.5. The summed E-state index contributed by atoms with van der Waals surface area (Å²) >= 11 is 1.58. The van der Waals surface area contributed by atoms with Crippen LogP contribution in [0.5, 0.6) is 0 Å². The molecule has 0 amide bonds. The summed E-state index contributed by atoms with van der Waals surface area (Å²) in [7, 11) is 0. The first-order valence-electron chi connectivity index (χ1n) is 5.85. The van der Waals surface area contributed by atoms with Crippen LogP contribution in [0.2, 0.25) is 0 Å². The van der Waals surface area contributed by atoms with Gasteiger partial charge in [-0.05, 0) is 6.92 Å². The van der Waals surface area contributed by atoms with Crippen LogP contribution in [0.4, 0.5) is 11.9 Å². The molecule has 0 aliphatic rings. The molecule has 3 heterocycles. The fourth-order valence-corrected chi connectivity index (χ4v) is 2.30. The summed E-state index contributed by atoms with van der Waals surface area (Å²) in [6, 6.07) is 0. The van der Waals surface area contributed by atoms with E-state index >= 15 is 0 Å². The summed E-state index contributed by atoms with van der Waals surface area (Å²) in [6.07, 6.45) is 4.98. The number of nitrogens with one attached hydrogen (secondary N) is 1. The van der Waals surface area contributed by atoms with Gasteiger partial charge >= 0.3 is 0 Å². The summed E-state index contributed by atoms with van der Waals surface area (Å²) in [6.45, 7) is 2.50. The highest BCUT2D eigenvalue weighted by Crippen LogP contribution is 2.12. The largest absolute Gasteiger partial charge is 0.368 e. The molecule has 9 heteroatoms. The van der Waals surface area contributed by atoms with Gasteiger partial charge in [0.25, 0.3) is 0 Å². The lowest BCUT2D eigenvalue weighted by Gasteiger charge is -2.06. The van der Waals surface area contributed by atoms with E-state index in [1.807, 2.05) is 12.3 Å². The molecule has 0 bridgehead atoms. The van der Waals surface area contributed by atoms with Crippen LogP contribution < -0.4 is 11.1 Å². The number of aromatic nitrogens is 6. The highest BCUT2D eigenvalue weighted by Gasteiger charge is 2.06. The van der Waals surface area contributed by atoms with Gasteiger partial charge in [-0.2, -0.15) is 15.0 Å². The molecular formula is C11H12N8S. The molecule has 3 aromatic rings. The molecule has 0 saturated carbocycles. The number of hydrogen-bond donors (Lipinski definition) is 2. The van der Waals surface area contributed by atoms with Crippen LogP contribution in [-0.4, -0.2) is 29.5 Å². The Labute approximate surface area is 118 Å². The molecule has 0 aliphatic heterocycles. The van der Waals surface area contributed by atoms with Crippen LogP contribution >= 0.6 is 11.3 Å². The Bertz CT molecular complexity index is 705. The minimum Gasteiger partial charge on any atom is -0.368 e. The van der Waals surface area contributed by atoms with Crippen molar-refractivity contribution in [1.82, 2.24) is 29.5 Å². The van der Waals surface area contributed by atoms with Gasteiger partial charge in [-0.3, -0.25) is 4.57 Å². The Morgan fingerprint density at radius 2 is 2.20 bits per heavy atom. The van der Waals surface area contributed by atoms with Crippen LogP contribution in [0, 0.1) is 6.92 Å². The second-order valence-electron chi connectivity index (χ2n) is 4.02. The molecule has 0 saturated heterocycles. The van der Waals surface area contributed by atoms with E-state index in [1.165, 1.54) is 0 Å². The molecule has 102 valence electrons. The third kappa shape index (κ3) is 2.72. The molecule has 0 unspecified atom stereocenters. The Hall–Kier alpha value is -2.55. The van der Waals surface area contributed by atoms with Crippen molar-refractivity contribution >= 4 is 23.2 Å². The van der Waals surface area contributed by atoms with E-state index in [0.717, 1.165) is 10.7 Å². The van der Waals surface area contributed by atoms with Gasteiger partial charge in [-0.1, -0.05) is 0 Å². The van der Waals surface area contributed by atoms with Crippen molar-refractivity contribution in [3.8, 4) is 5.95 Å². The maximum atomic E-state index is 5.69. The minimum atomic E-state index is 0.154. The van der Waals surface area contributed by atoms with E-state index < -0.39 is 0 Å². The molecule has 0 atom stereocenters. The molecule has 8 nitrogen and oxygen atoms in total. The zero-order valence-corrected chi connectivity index (χ0v) is 11.5. The number of rotatable bonds is 4. The molecule has 0 fully saturated rings. The summed E-state index contributed by atoms with van der Waals surface area (Å²) in [5.41, 5.74) is 6.69. The Kier molecular flexibility index (Phi) is 3.25. The number of imidazole rings is 1. The monoisotopic (exact) mass is 288 g/mol. The van der Waals surface area contributed by atoms with E-state index in [-0.39, 0.29) is 5.95 Å². The Morgan fingerprint density at radius 3 is 2.90 bits per heavy atom. The number of aryl methyl sites for hydroxylation is 1. The van der Waals surface area contributed by atoms with Gasteiger partial charge in [0.1, 0.15) is 11.3 Å². The number of nitrogen functional groups attached to an aromatic ring is 1. The SMILES string of the molecule is Cc1csc(CNc2nc(N)nc(-n3ccnc3)n2)n1. The first-order valence-corrected chi connectivity index (χ1v) is 6.73. The van der Waals surface area contributed by atoms with E-state index in [1.54, 1.807) is 34.6 Å². The molecule has 3 aromatic heterocycles. The predicted octanol–water partition coefficient (Wildman–Crippen LogP) is 1.02. The second kappa shape index (κ2) is 5.21. The summed E-state index contributed by atoms with van der Waals surface area (Å²) in [5.74, 6) is 0.989. The lowest BCUT2D eigenvalue weighted by Crippen LogP contribution is -2.10. The quantitative estimate of drug-likeness (QED) is 0.737. The van der Waals surface area contributed by atoms with Crippen LogP contribution in [0.25, 0.3) is 5.95 Å². The van der Waals surface area contributed by atoms with E-state index in [9.17, 15) is 0 Å². The number of nitrogens with zero attached hydrogens (tertiary/aromatic N) is 6. The summed E-state index contributed by atoms with van der Waals surface area (Å²) in [5, 5.41) is 6.05. The van der Waals surface area contributed by atoms with Crippen molar-refractivity contribution in [1.29, 1.82) is 0 Å². The van der Waals surface area contributed by atoms with E-state index in [2.05, 4.69) is 30.2 Å². The smallest absolute Gasteiger partial charge is 0.241 e. The van der Waals surface area contributed by atoms with Gasteiger partial charge in [-0.15, -0.1) is 11.3 Å². The van der Waals surface area contributed by atoms with Crippen LogP contribution in [0.3, 0.4) is 0 Å². The molecule has 0 aliphatic carbocycles. The Morgan fingerprint density at radius 1 is 1.30 bits per heavy atom. The van der Waals surface area contributed by atoms with Crippen LogP contribution in [-0.2, 0) is 6.54 Å². The average molecular weight is 288 g/mol. The number of nitrogens with two attached hydrogens (primary N) is 1. The molecule has 0 aromatic carbocycles. The Balaban J connectivity index is 1.79. The summed E-state index contributed by atoms with van der Waals surface area (Å²) < 4.78 is 1.66. The molecule has 3 N–H and O–H groups in total. The number of anilines is 2. The van der Waals surface area contributed by atoms with E-state index in [4.69, 9.17) is 5.73 Å². The minimum absolute atomic E-state index is 0.154. The van der Waals surface area contributed by atoms with Gasteiger partial charge in [0.05, 0.1) is 6.54 Å². The molecule has 20 heavy (non-hydrogen) atoms. The average Bonchev–Trinajstić information content (AvgIpc) is 3.07. The molecular weight excluding hydrogens is 276 g/mol. The van der Waals surface area contributed by atoms with Crippen molar-refractivity contribution in [3.63, 3.8) is 0 Å². The van der Waals surface area contributed by atoms with Crippen molar-refractivity contribution in [2.24, 2.45) is 0 Å². The van der Waals surface area contributed by atoms with Gasteiger partial charge in [0.15, 0.2) is 0 Å². The van der Waals surface area contributed by atoms with E-state index in [0.29, 0.717) is 18.4 Å². The lowest BCUT2D eigenvalue weighted by molar-refractivity contribution is 0.894. The second-order valence-corrected chi connectivity index (χ2v) is 4.97. The van der Waals surface area contributed by atoms with Crippen molar-refractivity contribution < 1.29 is 0 Å². The number of thiazole rings is 1. The fraction of sp³-hybridized carbons (Fsp3) is 0.182. The van der Waals surface area contributed by atoms with Crippen molar-refractivity contribution in [2.45, 2.75) is 13.5 Å². The third-order valence-electron chi connectivity index (χ3n) is 2.44. The maximum Gasteiger partial charge on any atom is 0.241 e. The molecule has 0 spiro atoms. The fourth-order valence-electron chi connectivity index (χ4n) is 1.59. The van der Waals surface area contributed by atoms with Crippen LogP contribution in [0.15, 0.2) is 24.1 Å². The van der Waals surface area contributed by atoms with Gasteiger partial charge in [0.2, 0.25) is 17.8 Å². The standard InChI is InChI=1S/C11H12N8S/c1-7-5-20-8(15-7)4-14-10-16-9(12)17-11(18-10)19-3-2-13-6-19/h2-3,5-6H,4H2,1H3,(H3,12,14,16,17,18). The lowest BCUT2D eigenvalue weighted by atomic mass is 10.6. The zero-order valence-electron chi connectivity index (χ0n) is 10.7. The van der Waals surface area contributed by atoms with Crippen molar-refractivity contribution in [2.75, 3.05) is 11.1 Å². The maximum absolute atomic E-state index is 5.69. The van der Waals surface area contributed by atoms with Gasteiger partial charge in [0, 0.05) is 23.5 Å². The van der Waals surface area contributed by atoms with Crippen molar-refractivity contribution in [3.05, 3.63) is 34.8 Å². The first-order chi connectivity index (χ1) is 9.70. The summed E-state index contributed by atoms with van der Waals surface area (Å²) in [4.78, 5) is 20.7. The highest BCUT2D eigenvalue weighted by molar-refractivity contribution is 7.09. The topological polar surface area (TPSA) is 107 Å². The van der Waals surface area contributed by atoms with Crippen LogP contribution in [0.1, 0.15) is 10.7 Å². The number of hydrogen-bond acceptors (Lipinski definition) is 8. The highest BCUT2D eigenvalue weighted by atomic mass is 32.1. The van der Waals surface area contributed by atoms with Gasteiger partial charge < -0.3 is 11.1 Å². The van der Waals surface area contributed by atoms with Gasteiger partial charge in [-0.25, -0.2) is 9.97 Å². The molecule has 0 radical (unpaired) electrons. The molecule has 3 rings (SSSR count).